The average molecular weight is 264 g/mol. The first-order chi connectivity index (χ1) is 8.84. The van der Waals surface area contributed by atoms with Gasteiger partial charge in [-0.2, -0.15) is 0 Å². The van der Waals surface area contributed by atoms with Crippen LogP contribution in [0.25, 0.3) is 0 Å². The molecule has 2 aromatic heterocycles. The largest absolute Gasteiger partial charge is 0.319 e. The lowest BCUT2D eigenvalue weighted by Crippen LogP contribution is -1.93. The van der Waals surface area contributed by atoms with E-state index >= 15 is 0 Å². The Hall–Kier alpha value is -1.55. The minimum Gasteiger partial charge on any atom is -0.304 e. The van der Waals surface area contributed by atoms with Gasteiger partial charge in [-0.05, 0) is 24.3 Å². The van der Waals surface area contributed by atoms with Crippen LogP contribution in [0.1, 0.15) is 11.4 Å². The molecule has 0 radical (unpaired) electrons. The van der Waals surface area contributed by atoms with E-state index in [0.717, 1.165) is 11.4 Å². The van der Waals surface area contributed by atoms with Crippen molar-refractivity contribution in [3.8, 4) is 0 Å². The first-order valence-corrected chi connectivity index (χ1v) is 6.66. The van der Waals surface area contributed by atoms with Crippen LogP contribution >= 0.6 is 8.25 Å². The molecule has 94 valence electrons. The van der Waals surface area contributed by atoms with Crippen LogP contribution in [-0.2, 0) is 26.8 Å². The number of pyridine rings is 2. The van der Waals surface area contributed by atoms with Crippen molar-refractivity contribution >= 4 is 8.25 Å². The zero-order valence-corrected chi connectivity index (χ0v) is 10.7. The van der Waals surface area contributed by atoms with E-state index in [4.69, 9.17) is 9.05 Å². The molecule has 2 rings (SSSR count). The van der Waals surface area contributed by atoms with E-state index < -0.39 is 8.25 Å². The van der Waals surface area contributed by atoms with Gasteiger partial charge in [-0.1, -0.05) is 12.1 Å². The van der Waals surface area contributed by atoms with Gasteiger partial charge in [0.05, 0.1) is 24.6 Å². The number of hydrogen-bond acceptors (Lipinski definition) is 5. The standard InChI is InChI=1S/C12H13N2O3P/c15-18(16-9-11-5-1-3-7-13-11)17-10-12-6-2-4-8-14-12/h1-8,18H,9-10H2. The van der Waals surface area contributed by atoms with Gasteiger partial charge in [-0.3, -0.25) is 14.5 Å². The Morgan fingerprint density at radius 1 is 0.889 bits per heavy atom. The molecule has 0 saturated carbocycles. The second kappa shape index (κ2) is 7.01. The minimum absolute atomic E-state index is 0.181. The summed E-state index contributed by atoms with van der Waals surface area (Å²) in [5, 5.41) is 0. The molecule has 0 atom stereocenters. The van der Waals surface area contributed by atoms with E-state index in [0.29, 0.717) is 0 Å². The first kappa shape index (κ1) is 12.9. The fraction of sp³-hybridized carbons (Fsp3) is 0.167. The third-order valence-corrected chi connectivity index (χ3v) is 2.89. The van der Waals surface area contributed by atoms with E-state index in [2.05, 4.69) is 9.97 Å². The predicted molar refractivity (Wildman–Crippen MR) is 67.1 cm³/mol. The van der Waals surface area contributed by atoms with Gasteiger partial charge < -0.3 is 9.05 Å². The molecule has 0 aliphatic rings. The highest BCUT2D eigenvalue weighted by atomic mass is 31.1. The molecule has 6 heteroatoms. The zero-order valence-electron chi connectivity index (χ0n) is 9.65. The number of rotatable bonds is 6. The van der Waals surface area contributed by atoms with Crippen molar-refractivity contribution in [3.63, 3.8) is 0 Å². The lowest BCUT2D eigenvalue weighted by Gasteiger charge is -2.04. The van der Waals surface area contributed by atoms with Crippen LogP contribution in [0.4, 0.5) is 0 Å². The van der Waals surface area contributed by atoms with Gasteiger partial charge in [0.2, 0.25) is 0 Å². The third-order valence-electron chi connectivity index (χ3n) is 2.13. The molecule has 0 spiro atoms. The van der Waals surface area contributed by atoms with E-state index in [1.54, 1.807) is 24.5 Å². The molecule has 0 aromatic carbocycles. The maximum Gasteiger partial charge on any atom is 0.319 e. The van der Waals surface area contributed by atoms with Crippen molar-refractivity contribution in [2.24, 2.45) is 0 Å². The van der Waals surface area contributed by atoms with Gasteiger partial charge >= 0.3 is 8.25 Å². The van der Waals surface area contributed by atoms with Crippen LogP contribution in [0.15, 0.2) is 48.8 Å². The molecule has 0 saturated heterocycles. The SMILES string of the molecule is O=[PH](OCc1ccccn1)OCc1ccccn1. The third kappa shape index (κ3) is 4.37. The van der Waals surface area contributed by atoms with Gasteiger partial charge in [0.1, 0.15) is 0 Å². The molecule has 0 unspecified atom stereocenters. The summed E-state index contributed by atoms with van der Waals surface area (Å²) in [5.41, 5.74) is 1.44. The van der Waals surface area contributed by atoms with E-state index in [9.17, 15) is 4.57 Å². The quantitative estimate of drug-likeness (QED) is 0.750. The topological polar surface area (TPSA) is 61.3 Å². The maximum atomic E-state index is 11.5. The molecule has 0 aliphatic carbocycles. The van der Waals surface area contributed by atoms with Crippen molar-refractivity contribution in [2.75, 3.05) is 0 Å². The summed E-state index contributed by atoms with van der Waals surface area (Å²) >= 11 is 0. The Labute approximate surface area is 106 Å². The average Bonchev–Trinajstić information content (AvgIpc) is 2.45. The summed E-state index contributed by atoms with van der Waals surface area (Å²) in [6.07, 6.45) is 3.31. The van der Waals surface area contributed by atoms with Crippen molar-refractivity contribution < 1.29 is 13.6 Å². The van der Waals surface area contributed by atoms with E-state index in [1.807, 2.05) is 24.3 Å². The molecular formula is C12H13N2O3P. The zero-order chi connectivity index (χ0) is 12.6. The fourth-order valence-electron chi connectivity index (χ4n) is 1.27. The van der Waals surface area contributed by atoms with Crippen LogP contribution in [0.3, 0.4) is 0 Å². The van der Waals surface area contributed by atoms with Crippen molar-refractivity contribution in [1.82, 2.24) is 9.97 Å². The second-order valence-electron chi connectivity index (χ2n) is 3.47. The summed E-state index contributed by atoms with van der Waals surface area (Å²) in [7, 11) is -2.51. The van der Waals surface area contributed by atoms with Gasteiger partial charge in [-0.25, -0.2) is 0 Å². The Bertz CT molecular complexity index is 448. The maximum absolute atomic E-state index is 11.5. The highest BCUT2D eigenvalue weighted by Crippen LogP contribution is 2.26. The molecule has 5 nitrogen and oxygen atoms in total. The molecule has 18 heavy (non-hydrogen) atoms. The monoisotopic (exact) mass is 264 g/mol. The second-order valence-corrected chi connectivity index (χ2v) is 4.55. The van der Waals surface area contributed by atoms with Crippen LogP contribution in [0.5, 0.6) is 0 Å². The van der Waals surface area contributed by atoms with Crippen molar-refractivity contribution in [3.05, 3.63) is 60.2 Å². The van der Waals surface area contributed by atoms with Crippen LogP contribution in [-0.4, -0.2) is 9.97 Å². The summed E-state index contributed by atoms with van der Waals surface area (Å²) in [4.78, 5) is 8.11. The molecular weight excluding hydrogens is 251 g/mol. The molecule has 0 bridgehead atoms. The minimum atomic E-state index is -2.51. The number of aromatic nitrogens is 2. The molecule has 0 aliphatic heterocycles. The van der Waals surface area contributed by atoms with E-state index in [1.165, 1.54) is 0 Å². The first-order valence-electron chi connectivity index (χ1n) is 5.44. The lowest BCUT2D eigenvalue weighted by molar-refractivity contribution is 0.209. The molecule has 0 N–H and O–H groups in total. The fourth-order valence-corrected chi connectivity index (χ4v) is 1.89. The highest BCUT2D eigenvalue weighted by molar-refractivity contribution is 7.33. The molecule has 0 amide bonds. The van der Waals surface area contributed by atoms with Gasteiger partial charge in [0.15, 0.2) is 0 Å². The Morgan fingerprint density at radius 3 is 1.78 bits per heavy atom. The summed E-state index contributed by atoms with van der Waals surface area (Å²) in [6.45, 7) is 0.363. The normalized spacial score (nSPS) is 10.7. The summed E-state index contributed by atoms with van der Waals surface area (Å²) in [6, 6.07) is 10.9. The number of hydrogen-bond donors (Lipinski definition) is 0. The van der Waals surface area contributed by atoms with Gasteiger partial charge in [0.25, 0.3) is 0 Å². The smallest absolute Gasteiger partial charge is 0.304 e. The predicted octanol–water partition coefficient (Wildman–Crippen LogP) is 2.60. The molecule has 2 heterocycles. The van der Waals surface area contributed by atoms with Gasteiger partial charge in [-0.15, -0.1) is 0 Å². The van der Waals surface area contributed by atoms with Crippen LogP contribution < -0.4 is 0 Å². The van der Waals surface area contributed by atoms with Crippen molar-refractivity contribution in [2.45, 2.75) is 13.2 Å². The van der Waals surface area contributed by atoms with Crippen LogP contribution in [0.2, 0.25) is 0 Å². The lowest BCUT2D eigenvalue weighted by atomic mass is 10.4. The Kier molecular flexibility index (Phi) is 5.02. The summed E-state index contributed by atoms with van der Waals surface area (Å²) < 4.78 is 21.6. The Balaban J connectivity index is 1.73. The van der Waals surface area contributed by atoms with Gasteiger partial charge in [0, 0.05) is 12.4 Å². The van der Waals surface area contributed by atoms with Crippen LogP contribution in [0, 0.1) is 0 Å². The Morgan fingerprint density at radius 2 is 1.39 bits per heavy atom. The molecule has 2 aromatic rings. The number of nitrogens with zero attached hydrogens (tertiary/aromatic N) is 2. The summed E-state index contributed by atoms with van der Waals surface area (Å²) in [5.74, 6) is 0. The highest BCUT2D eigenvalue weighted by Gasteiger charge is 2.02. The molecule has 0 fully saturated rings. The van der Waals surface area contributed by atoms with E-state index in [-0.39, 0.29) is 13.2 Å². The van der Waals surface area contributed by atoms with Crippen molar-refractivity contribution in [1.29, 1.82) is 0 Å².